The number of nitro benzene ring substituents is 1. The number of aromatic nitrogens is 1. The molecule has 0 unspecified atom stereocenters. The molecular weight excluding hydrogens is 440 g/mol. The van der Waals surface area contributed by atoms with Crippen LogP contribution in [0.25, 0.3) is 22.4 Å². The van der Waals surface area contributed by atoms with Crippen LogP contribution in [0.5, 0.6) is 11.5 Å². The number of benzene rings is 2. The standard InChI is InChI=1S/C21H16N2O10/c1-3-16(24)31-15-9-11(8-13(23(29)30)19(15)33-17(25)4-2)18-21(28)32-14-6-5-10(20(26)27)7-12(14)22-18/h5-9H,3-4H2,1-2H3,(H,26,27). The van der Waals surface area contributed by atoms with E-state index in [9.17, 15) is 29.3 Å². The summed E-state index contributed by atoms with van der Waals surface area (Å²) in [7, 11) is 0. The fourth-order valence-electron chi connectivity index (χ4n) is 2.74. The van der Waals surface area contributed by atoms with Crippen molar-refractivity contribution in [1.82, 2.24) is 4.98 Å². The second-order valence-electron chi connectivity index (χ2n) is 6.57. The molecule has 33 heavy (non-hydrogen) atoms. The molecule has 0 saturated carbocycles. The van der Waals surface area contributed by atoms with Crippen LogP contribution in [0.15, 0.2) is 39.5 Å². The van der Waals surface area contributed by atoms with Gasteiger partial charge in [0.1, 0.15) is 5.52 Å². The number of fused-ring (bicyclic) bond motifs is 1. The fourth-order valence-corrected chi connectivity index (χ4v) is 2.74. The van der Waals surface area contributed by atoms with Crippen molar-refractivity contribution in [2.24, 2.45) is 0 Å². The Hall–Kier alpha value is -4.61. The minimum Gasteiger partial charge on any atom is -0.478 e. The third kappa shape index (κ3) is 4.84. The lowest BCUT2D eigenvalue weighted by molar-refractivity contribution is -0.385. The summed E-state index contributed by atoms with van der Waals surface area (Å²) in [6.45, 7) is 2.95. The number of nitro groups is 1. The van der Waals surface area contributed by atoms with Crippen LogP contribution >= 0.6 is 0 Å². The zero-order chi connectivity index (χ0) is 24.3. The van der Waals surface area contributed by atoms with E-state index in [2.05, 4.69) is 4.98 Å². The Kier molecular flexibility index (Phi) is 6.47. The normalized spacial score (nSPS) is 10.6. The summed E-state index contributed by atoms with van der Waals surface area (Å²) in [6, 6.07) is 5.62. The molecule has 0 bridgehead atoms. The zero-order valence-corrected chi connectivity index (χ0v) is 17.3. The highest BCUT2D eigenvalue weighted by atomic mass is 16.6. The maximum absolute atomic E-state index is 12.5. The van der Waals surface area contributed by atoms with Gasteiger partial charge in [-0.15, -0.1) is 0 Å². The van der Waals surface area contributed by atoms with Crippen molar-refractivity contribution in [2.45, 2.75) is 26.7 Å². The third-order valence-electron chi connectivity index (χ3n) is 4.36. The smallest absolute Gasteiger partial charge is 0.363 e. The Bertz CT molecular complexity index is 1360. The third-order valence-corrected chi connectivity index (χ3v) is 4.36. The van der Waals surface area contributed by atoms with E-state index >= 15 is 0 Å². The van der Waals surface area contributed by atoms with E-state index < -0.39 is 51.3 Å². The summed E-state index contributed by atoms with van der Waals surface area (Å²) < 4.78 is 15.3. The Morgan fingerprint density at radius 2 is 1.76 bits per heavy atom. The second-order valence-corrected chi connectivity index (χ2v) is 6.57. The number of rotatable bonds is 7. The maximum atomic E-state index is 12.5. The van der Waals surface area contributed by atoms with Crippen molar-refractivity contribution in [3.8, 4) is 22.8 Å². The van der Waals surface area contributed by atoms with Crippen molar-refractivity contribution >= 4 is 34.7 Å². The first-order chi connectivity index (χ1) is 15.6. The first kappa shape index (κ1) is 23.1. The highest BCUT2D eigenvalue weighted by molar-refractivity contribution is 5.92. The van der Waals surface area contributed by atoms with Gasteiger partial charge in [-0.05, 0) is 24.3 Å². The van der Waals surface area contributed by atoms with Gasteiger partial charge >= 0.3 is 29.2 Å². The molecule has 170 valence electrons. The van der Waals surface area contributed by atoms with Crippen molar-refractivity contribution in [3.63, 3.8) is 0 Å². The van der Waals surface area contributed by atoms with Gasteiger partial charge in [0.05, 0.1) is 10.5 Å². The highest BCUT2D eigenvalue weighted by Crippen LogP contribution is 2.41. The van der Waals surface area contributed by atoms with Gasteiger partial charge < -0.3 is 19.0 Å². The van der Waals surface area contributed by atoms with Crippen LogP contribution in [0.3, 0.4) is 0 Å². The second kappa shape index (κ2) is 9.26. The summed E-state index contributed by atoms with van der Waals surface area (Å²) in [5, 5.41) is 20.9. The molecule has 1 heterocycles. The van der Waals surface area contributed by atoms with Gasteiger partial charge in [-0.2, -0.15) is 0 Å². The molecule has 0 aliphatic rings. The number of nitrogens with zero attached hydrogens (tertiary/aromatic N) is 2. The van der Waals surface area contributed by atoms with Gasteiger partial charge in [0.15, 0.2) is 17.0 Å². The number of ether oxygens (including phenoxy) is 2. The van der Waals surface area contributed by atoms with E-state index in [1.165, 1.54) is 26.0 Å². The minimum absolute atomic E-state index is 0.000688. The summed E-state index contributed by atoms with van der Waals surface area (Å²) in [6.07, 6.45) is -0.199. The molecule has 0 radical (unpaired) electrons. The van der Waals surface area contributed by atoms with Crippen LogP contribution in [-0.4, -0.2) is 32.9 Å². The Balaban J connectivity index is 2.28. The van der Waals surface area contributed by atoms with Gasteiger partial charge in [-0.1, -0.05) is 13.8 Å². The van der Waals surface area contributed by atoms with Crippen LogP contribution < -0.4 is 15.1 Å². The number of carbonyl (C=O) groups excluding carboxylic acids is 2. The van der Waals surface area contributed by atoms with E-state index in [-0.39, 0.29) is 35.1 Å². The molecule has 0 aliphatic heterocycles. The lowest BCUT2D eigenvalue weighted by Gasteiger charge is -2.12. The topological polar surface area (TPSA) is 176 Å². The monoisotopic (exact) mass is 456 g/mol. The molecule has 2 aromatic carbocycles. The molecule has 3 rings (SSSR count). The lowest BCUT2D eigenvalue weighted by Crippen LogP contribution is -2.13. The number of carbonyl (C=O) groups is 3. The van der Waals surface area contributed by atoms with Gasteiger partial charge in [-0.3, -0.25) is 19.7 Å². The van der Waals surface area contributed by atoms with Crippen molar-refractivity contribution in [2.75, 3.05) is 0 Å². The van der Waals surface area contributed by atoms with Crippen molar-refractivity contribution in [1.29, 1.82) is 0 Å². The summed E-state index contributed by atoms with van der Waals surface area (Å²) in [5.41, 5.74) is -2.45. The van der Waals surface area contributed by atoms with E-state index in [0.29, 0.717) is 0 Å². The Labute approximate surface area is 184 Å². The van der Waals surface area contributed by atoms with Crippen molar-refractivity contribution in [3.05, 3.63) is 56.4 Å². The molecule has 0 spiro atoms. The molecule has 1 N–H and O–H groups in total. The number of carboxylic acids is 1. The van der Waals surface area contributed by atoms with Gasteiger partial charge in [-0.25, -0.2) is 14.6 Å². The number of aromatic carboxylic acids is 1. The SMILES string of the molecule is CCC(=O)Oc1cc(-c2nc3cc(C(=O)O)ccc3oc2=O)cc([N+](=O)[O-])c1OC(=O)CC. The zero-order valence-electron chi connectivity index (χ0n) is 17.3. The first-order valence-corrected chi connectivity index (χ1v) is 9.56. The quantitative estimate of drug-likeness (QED) is 0.239. The Morgan fingerprint density at radius 3 is 2.36 bits per heavy atom. The van der Waals surface area contributed by atoms with E-state index in [4.69, 9.17) is 19.0 Å². The molecule has 1 aromatic heterocycles. The average molecular weight is 456 g/mol. The first-order valence-electron chi connectivity index (χ1n) is 9.56. The number of hydrogen-bond donors (Lipinski definition) is 1. The van der Waals surface area contributed by atoms with Crippen LogP contribution in [-0.2, 0) is 9.59 Å². The molecule has 0 amide bonds. The molecule has 0 aliphatic carbocycles. The van der Waals surface area contributed by atoms with Gasteiger partial charge in [0.25, 0.3) is 5.75 Å². The predicted molar refractivity (Wildman–Crippen MR) is 111 cm³/mol. The van der Waals surface area contributed by atoms with Crippen LogP contribution in [0.1, 0.15) is 37.0 Å². The molecule has 12 nitrogen and oxygen atoms in total. The molecular formula is C21H16N2O10. The fraction of sp³-hybridized carbons (Fsp3) is 0.190. The maximum Gasteiger partial charge on any atom is 0.363 e. The number of esters is 2. The molecule has 0 saturated heterocycles. The van der Waals surface area contributed by atoms with E-state index in [1.54, 1.807) is 0 Å². The Morgan fingerprint density at radius 1 is 1.09 bits per heavy atom. The van der Waals surface area contributed by atoms with Gasteiger partial charge in [0.2, 0.25) is 0 Å². The minimum atomic E-state index is -1.24. The molecule has 3 aromatic rings. The average Bonchev–Trinajstić information content (AvgIpc) is 2.78. The summed E-state index contributed by atoms with van der Waals surface area (Å²) >= 11 is 0. The highest BCUT2D eigenvalue weighted by Gasteiger charge is 2.28. The van der Waals surface area contributed by atoms with Crippen LogP contribution in [0.4, 0.5) is 5.69 Å². The number of carboxylic acid groups (broad SMARTS) is 1. The molecule has 12 heteroatoms. The molecule has 0 atom stereocenters. The van der Waals surface area contributed by atoms with Crippen molar-refractivity contribution < 1.29 is 38.3 Å². The summed E-state index contributed by atoms with van der Waals surface area (Å²) in [5.74, 6) is -3.90. The summed E-state index contributed by atoms with van der Waals surface area (Å²) in [4.78, 5) is 62.3. The van der Waals surface area contributed by atoms with Gasteiger partial charge in [0, 0.05) is 24.5 Å². The predicted octanol–water partition coefficient (Wildman–Crippen LogP) is 3.09. The largest absolute Gasteiger partial charge is 0.478 e. The van der Waals surface area contributed by atoms with Crippen LogP contribution in [0, 0.1) is 10.1 Å². The number of hydrogen-bond acceptors (Lipinski definition) is 10. The van der Waals surface area contributed by atoms with Crippen LogP contribution in [0.2, 0.25) is 0 Å². The van der Waals surface area contributed by atoms with E-state index in [1.807, 2.05) is 0 Å². The lowest BCUT2D eigenvalue weighted by atomic mass is 10.1. The molecule has 0 fully saturated rings. The van der Waals surface area contributed by atoms with E-state index in [0.717, 1.165) is 18.2 Å².